The van der Waals surface area contributed by atoms with E-state index in [-0.39, 0.29) is 23.0 Å². The summed E-state index contributed by atoms with van der Waals surface area (Å²) in [5, 5.41) is 9.66. The van der Waals surface area contributed by atoms with Crippen molar-refractivity contribution in [3.8, 4) is 0 Å². The average Bonchev–Trinajstić information content (AvgIpc) is 2.28. The molecule has 0 spiro atoms. The summed E-state index contributed by atoms with van der Waals surface area (Å²) in [6.45, 7) is 1.99. The van der Waals surface area contributed by atoms with Gasteiger partial charge in [0.15, 0.2) is 0 Å². The molecule has 6 nitrogen and oxygen atoms in total. The zero-order valence-electron chi connectivity index (χ0n) is 9.48. The first-order chi connectivity index (χ1) is 8.47. The van der Waals surface area contributed by atoms with E-state index in [1.807, 2.05) is 0 Å². The quantitative estimate of drug-likeness (QED) is 0.800. The van der Waals surface area contributed by atoms with Crippen LogP contribution in [0.5, 0.6) is 0 Å². The molecule has 18 heavy (non-hydrogen) atoms. The van der Waals surface area contributed by atoms with Crippen LogP contribution in [-0.2, 0) is 6.54 Å². The minimum atomic E-state index is -1.35. The third-order valence-corrected chi connectivity index (χ3v) is 2.86. The average molecular weight is 268 g/mol. The van der Waals surface area contributed by atoms with Crippen molar-refractivity contribution in [3.05, 3.63) is 33.2 Å². The number of nitrogen functional groups attached to an aromatic ring is 1. The van der Waals surface area contributed by atoms with Gasteiger partial charge in [-0.05, 0) is 19.1 Å². The lowest BCUT2D eigenvalue weighted by molar-refractivity contribution is 0.0695. The monoisotopic (exact) mass is 267 g/mol. The predicted octanol–water partition coefficient (Wildman–Crippen LogP) is 1.35. The van der Waals surface area contributed by atoms with Gasteiger partial charge in [0.25, 0.3) is 5.56 Å². The summed E-state index contributed by atoms with van der Waals surface area (Å²) in [6, 6.07) is 3.05. The van der Waals surface area contributed by atoms with Crippen molar-refractivity contribution in [2.75, 3.05) is 5.73 Å². The molecule has 0 aliphatic heterocycles. The molecule has 0 amide bonds. The standard InChI is InChI=1S/C11H10ClN3O3/c1-2-15-9-5(3-4-6(12)14-9)8(13)7(10(15)16)11(17)18/h3-4H,2,13H2,1H3,(H,17,18). The second kappa shape index (κ2) is 4.30. The largest absolute Gasteiger partial charge is 0.477 e. The highest BCUT2D eigenvalue weighted by Gasteiger charge is 2.20. The number of carbonyl (C=O) groups is 1. The second-order valence-electron chi connectivity index (χ2n) is 3.65. The van der Waals surface area contributed by atoms with Gasteiger partial charge in [0.05, 0.1) is 5.69 Å². The van der Waals surface area contributed by atoms with Crippen LogP contribution in [0.1, 0.15) is 17.3 Å². The summed E-state index contributed by atoms with van der Waals surface area (Å²) in [6.07, 6.45) is 0. The van der Waals surface area contributed by atoms with Gasteiger partial charge >= 0.3 is 5.97 Å². The van der Waals surface area contributed by atoms with Crippen molar-refractivity contribution in [3.63, 3.8) is 0 Å². The topological polar surface area (TPSA) is 98.2 Å². The molecule has 2 aromatic heterocycles. The van der Waals surface area contributed by atoms with Gasteiger partial charge in [-0.15, -0.1) is 0 Å². The van der Waals surface area contributed by atoms with Gasteiger partial charge in [-0.3, -0.25) is 9.36 Å². The maximum Gasteiger partial charge on any atom is 0.343 e. The summed E-state index contributed by atoms with van der Waals surface area (Å²) in [5.74, 6) is -1.35. The molecule has 7 heteroatoms. The van der Waals surface area contributed by atoms with Crippen molar-refractivity contribution >= 4 is 34.3 Å². The Morgan fingerprint density at radius 3 is 2.78 bits per heavy atom. The smallest absolute Gasteiger partial charge is 0.343 e. The summed E-state index contributed by atoms with van der Waals surface area (Å²) in [7, 11) is 0. The molecule has 0 aromatic carbocycles. The molecule has 2 heterocycles. The van der Waals surface area contributed by atoms with E-state index in [4.69, 9.17) is 22.4 Å². The first kappa shape index (κ1) is 12.4. The van der Waals surface area contributed by atoms with Gasteiger partial charge < -0.3 is 10.8 Å². The summed E-state index contributed by atoms with van der Waals surface area (Å²) < 4.78 is 1.24. The van der Waals surface area contributed by atoms with Crippen LogP contribution in [0.25, 0.3) is 11.0 Å². The van der Waals surface area contributed by atoms with Crippen LogP contribution < -0.4 is 11.3 Å². The normalized spacial score (nSPS) is 10.8. The van der Waals surface area contributed by atoms with Crippen LogP contribution in [0.4, 0.5) is 5.69 Å². The number of carboxylic acids is 1. The van der Waals surface area contributed by atoms with Crippen molar-refractivity contribution in [1.82, 2.24) is 9.55 Å². The fourth-order valence-electron chi connectivity index (χ4n) is 1.82. The van der Waals surface area contributed by atoms with Gasteiger partial charge in [-0.25, -0.2) is 9.78 Å². The first-order valence-electron chi connectivity index (χ1n) is 5.19. The highest BCUT2D eigenvalue weighted by Crippen LogP contribution is 2.22. The summed E-state index contributed by atoms with van der Waals surface area (Å²) in [4.78, 5) is 27.1. The molecule has 2 rings (SSSR count). The highest BCUT2D eigenvalue weighted by atomic mass is 35.5. The molecule has 3 N–H and O–H groups in total. The van der Waals surface area contributed by atoms with Crippen LogP contribution in [0, 0.1) is 0 Å². The van der Waals surface area contributed by atoms with E-state index in [0.29, 0.717) is 5.39 Å². The third-order valence-electron chi connectivity index (χ3n) is 2.65. The Morgan fingerprint density at radius 1 is 1.56 bits per heavy atom. The van der Waals surface area contributed by atoms with Crippen molar-refractivity contribution in [2.45, 2.75) is 13.5 Å². The number of aryl methyl sites for hydroxylation is 1. The van der Waals surface area contributed by atoms with Crippen molar-refractivity contribution in [1.29, 1.82) is 0 Å². The van der Waals surface area contributed by atoms with Gasteiger partial charge in [-0.1, -0.05) is 11.6 Å². The number of fused-ring (bicyclic) bond motifs is 1. The number of pyridine rings is 2. The second-order valence-corrected chi connectivity index (χ2v) is 4.04. The predicted molar refractivity (Wildman–Crippen MR) is 68.1 cm³/mol. The Morgan fingerprint density at radius 2 is 2.22 bits per heavy atom. The molecular formula is C11H10ClN3O3. The Hall–Kier alpha value is -2.08. The number of rotatable bonds is 2. The lowest BCUT2D eigenvalue weighted by atomic mass is 10.1. The van der Waals surface area contributed by atoms with Gasteiger partial charge in [0.1, 0.15) is 16.4 Å². The van der Waals surface area contributed by atoms with Crippen molar-refractivity contribution < 1.29 is 9.90 Å². The molecule has 0 unspecified atom stereocenters. The molecule has 0 aliphatic rings. The molecule has 0 atom stereocenters. The molecule has 0 fully saturated rings. The lowest BCUT2D eigenvalue weighted by Crippen LogP contribution is -2.28. The van der Waals surface area contributed by atoms with Crippen LogP contribution in [0.2, 0.25) is 5.15 Å². The molecule has 0 bridgehead atoms. The highest BCUT2D eigenvalue weighted by molar-refractivity contribution is 6.29. The van der Waals surface area contributed by atoms with Gasteiger partial charge in [0, 0.05) is 11.9 Å². The zero-order chi connectivity index (χ0) is 13.4. The number of nitrogens with two attached hydrogens (primary N) is 1. The summed E-state index contributed by atoms with van der Waals surface area (Å²) >= 11 is 5.77. The first-order valence-corrected chi connectivity index (χ1v) is 5.57. The molecule has 0 saturated carbocycles. The van der Waals surface area contributed by atoms with Gasteiger partial charge in [-0.2, -0.15) is 0 Å². The van der Waals surface area contributed by atoms with Crippen LogP contribution in [-0.4, -0.2) is 20.6 Å². The molecule has 2 aromatic rings. The van der Waals surface area contributed by atoms with Crippen LogP contribution in [0.15, 0.2) is 16.9 Å². The number of aromatic nitrogens is 2. The maximum atomic E-state index is 12.0. The van der Waals surface area contributed by atoms with E-state index in [1.165, 1.54) is 10.6 Å². The molecule has 0 radical (unpaired) electrons. The lowest BCUT2D eigenvalue weighted by Gasteiger charge is -2.11. The fraction of sp³-hybridized carbons (Fsp3) is 0.182. The van der Waals surface area contributed by atoms with Gasteiger partial charge in [0.2, 0.25) is 0 Å². The zero-order valence-corrected chi connectivity index (χ0v) is 10.2. The summed E-state index contributed by atoms with van der Waals surface area (Å²) in [5.41, 5.74) is 4.81. The van der Waals surface area contributed by atoms with E-state index in [9.17, 15) is 9.59 Å². The maximum absolute atomic E-state index is 12.0. The Labute approximate surface area is 107 Å². The molecular weight excluding hydrogens is 258 g/mol. The Balaban J connectivity index is 3.05. The minimum Gasteiger partial charge on any atom is -0.477 e. The van der Waals surface area contributed by atoms with E-state index >= 15 is 0 Å². The third kappa shape index (κ3) is 1.70. The minimum absolute atomic E-state index is 0.0867. The number of halogens is 1. The number of anilines is 1. The molecule has 0 aliphatic carbocycles. The Bertz CT molecular complexity index is 709. The number of nitrogens with zero attached hydrogens (tertiary/aromatic N) is 2. The Kier molecular flexibility index (Phi) is 2.96. The van der Waals surface area contributed by atoms with E-state index < -0.39 is 17.1 Å². The van der Waals surface area contributed by atoms with Crippen molar-refractivity contribution in [2.24, 2.45) is 0 Å². The van der Waals surface area contributed by atoms with Crippen LogP contribution >= 0.6 is 11.6 Å². The van der Waals surface area contributed by atoms with Crippen LogP contribution in [0.3, 0.4) is 0 Å². The molecule has 0 saturated heterocycles. The number of aromatic carboxylic acids is 1. The number of hydrogen-bond acceptors (Lipinski definition) is 4. The van der Waals surface area contributed by atoms with E-state index in [1.54, 1.807) is 13.0 Å². The number of hydrogen-bond donors (Lipinski definition) is 2. The SMILES string of the molecule is CCn1c(=O)c(C(=O)O)c(N)c2ccc(Cl)nc21. The molecule has 94 valence electrons. The fourth-order valence-corrected chi connectivity index (χ4v) is 1.97. The number of carboxylic acid groups (broad SMARTS) is 1. The van der Waals surface area contributed by atoms with E-state index in [0.717, 1.165) is 0 Å². The van der Waals surface area contributed by atoms with E-state index in [2.05, 4.69) is 4.98 Å².